The summed E-state index contributed by atoms with van der Waals surface area (Å²) in [6, 6.07) is 7.94. The highest BCUT2D eigenvalue weighted by atomic mass is 16.1. The summed E-state index contributed by atoms with van der Waals surface area (Å²) in [5, 5.41) is 1.09. The molecule has 2 rings (SSSR count). The zero-order chi connectivity index (χ0) is 14.0. The van der Waals surface area contributed by atoms with Crippen LogP contribution < -0.4 is 5.73 Å². The summed E-state index contributed by atoms with van der Waals surface area (Å²) in [5.41, 5.74) is 8.32. The Bertz CT molecular complexity index is 583. The molecule has 0 spiro atoms. The minimum Gasteiger partial charge on any atom is -0.324 e. The molecule has 2 aromatic rings. The number of carbonyl (C=O) groups is 1. The molecule has 1 aromatic heterocycles. The normalized spacial score (nSPS) is 13.1. The van der Waals surface area contributed by atoms with E-state index in [4.69, 9.17) is 5.73 Å². The first kappa shape index (κ1) is 13.8. The maximum atomic E-state index is 11.7. The highest BCUT2D eigenvalue weighted by Gasteiger charge is 2.16. The summed E-state index contributed by atoms with van der Waals surface area (Å²) in [7, 11) is 0. The highest BCUT2D eigenvalue weighted by molar-refractivity contribution is 5.93. The maximum absolute atomic E-state index is 11.7. The molecule has 102 valence electrons. The van der Waals surface area contributed by atoms with Crippen molar-refractivity contribution >= 4 is 16.8 Å². The molecule has 19 heavy (non-hydrogen) atoms. The van der Waals surface area contributed by atoms with Gasteiger partial charge in [-0.2, -0.15) is 0 Å². The van der Waals surface area contributed by atoms with Gasteiger partial charge in [0.2, 0.25) is 5.91 Å². The van der Waals surface area contributed by atoms with E-state index in [1.165, 1.54) is 0 Å². The van der Waals surface area contributed by atoms with Crippen LogP contribution in [0.4, 0.5) is 0 Å². The number of nitrogens with zero attached hydrogens (tertiary/aromatic N) is 1. The summed E-state index contributed by atoms with van der Waals surface area (Å²) in [5.74, 6) is 0.672. The van der Waals surface area contributed by atoms with Crippen molar-refractivity contribution in [1.29, 1.82) is 0 Å². The third-order valence-corrected chi connectivity index (χ3v) is 3.54. The van der Waals surface area contributed by atoms with Crippen molar-refractivity contribution in [3.05, 3.63) is 36.0 Å². The Balaban J connectivity index is 2.40. The van der Waals surface area contributed by atoms with Crippen LogP contribution in [-0.4, -0.2) is 10.5 Å². The first-order chi connectivity index (χ1) is 9.00. The van der Waals surface area contributed by atoms with Crippen molar-refractivity contribution < 1.29 is 4.79 Å². The molecule has 0 aliphatic rings. The molecule has 1 aromatic carbocycles. The van der Waals surface area contributed by atoms with Crippen molar-refractivity contribution in [2.75, 3.05) is 0 Å². The molecule has 0 aliphatic carbocycles. The fourth-order valence-electron chi connectivity index (χ4n) is 2.43. The largest absolute Gasteiger partial charge is 0.324 e. The molecular weight excluding hydrogens is 236 g/mol. The van der Waals surface area contributed by atoms with Gasteiger partial charge in [-0.3, -0.25) is 9.36 Å². The fourth-order valence-corrected chi connectivity index (χ4v) is 2.43. The van der Waals surface area contributed by atoms with Gasteiger partial charge in [0.1, 0.15) is 0 Å². The lowest BCUT2D eigenvalue weighted by Gasteiger charge is -2.12. The monoisotopic (exact) mass is 258 g/mol. The first-order valence-corrected chi connectivity index (χ1v) is 6.87. The summed E-state index contributed by atoms with van der Waals surface area (Å²) < 4.78 is 1.69. The van der Waals surface area contributed by atoms with E-state index in [1.54, 1.807) is 11.5 Å². The number of nitrogens with two attached hydrogens (primary N) is 1. The third-order valence-electron chi connectivity index (χ3n) is 3.54. The number of rotatable bonds is 4. The Kier molecular flexibility index (Phi) is 4.05. The van der Waals surface area contributed by atoms with E-state index in [0.29, 0.717) is 5.92 Å². The second-order valence-corrected chi connectivity index (χ2v) is 5.57. The van der Waals surface area contributed by atoms with Crippen LogP contribution in [0.3, 0.4) is 0 Å². The van der Waals surface area contributed by atoms with Crippen LogP contribution in [0.5, 0.6) is 0 Å². The molecule has 0 radical (unpaired) electrons. The van der Waals surface area contributed by atoms with E-state index in [-0.39, 0.29) is 11.9 Å². The molecule has 0 saturated carbocycles. The van der Waals surface area contributed by atoms with Gasteiger partial charge in [-0.1, -0.05) is 32.0 Å². The minimum absolute atomic E-state index is 0.00657. The van der Waals surface area contributed by atoms with Crippen molar-refractivity contribution in [1.82, 2.24) is 4.57 Å². The molecule has 0 bridgehead atoms. The van der Waals surface area contributed by atoms with Gasteiger partial charge < -0.3 is 5.73 Å². The van der Waals surface area contributed by atoms with E-state index in [2.05, 4.69) is 13.8 Å². The van der Waals surface area contributed by atoms with Gasteiger partial charge in [-0.15, -0.1) is 0 Å². The minimum atomic E-state index is -0.00657. The van der Waals surface area contributed by atoms with E-state index in [1.807, 2.05) is 30.5 Å². The lowest BCUT2D eigenvalue weighted by molar-refractivity contribution is 0.0941. The van der Waals surface area contributed by atoms with Crippen molar-refractivity contribution in [2.24, 2.45) is 11.7 Å². The molecule has 1 heterocycles. The molecule has 2 N–H and O–H groups in total. The molecule has 3 nitrogen and oxygen atoms in total. The van der Waals surface area contributed by atoms with Crippen molar-refractivity contribution in [2.45, 2.75) is 39.7 Å². The first-order valence-electron chi connectivity index (χ1n) is 6.87. The second-order valence-electron chi connectivity index (χ2n) is 5.57. The summed E-state index contributed by atoms with van der Waals surface area (Å²) in [6.07, 6.45) is 3.95. The molecule has 0 fully saturated rings. The highest BCUT2D eigenvalue weighted by Crippen LogP contribution is 2.28. The average Bonchev–Trinajstić information content (AvgIpc) is 2.75. The fraction of sp³-hybridized carbons (Fsp3) is 0.438. The number of fused-ring (bicyclic) bond motifs is 1. The smallest absolute Gasteiger partial charge is 0.227 e. The van der Waals surface area contributed by atoms with Crippen LogP contribution in [0.25, 0.3) is 10.9 Å². The standard InChI is InChI=1S/C16H22N2O/c1-11(2)8-9-15(17)14-10-18(12(3)19)16-7-5-4-6-13(14)16/h4-7,10-11,15H,8-9,17H2,1-3H3/t15-/m1/s1. The third kappa shape index (κ3) is 2.87. The number of hydrogen-bond donors (Lipinski definition) is 1. The zero-order valence-electron chi connectivity index (χ0n) is 11.9. The lowest BCUT2D eigenvalue weighted by atomic mass is 9.98. The quantitative estimate of drug-likeness (QED) is 0.908. The maximum Gasteiger partial charge on any atom is 0.227 e. The lowest BCUT2D eigenvalue weighted by Crippen LogP contribution is -2.11. The average molecular weight is 258 g/mol. The second kappa shape index (κ2) is 5.57. The Morgan fingerprint density at radius 3 is 2.58 bits per heavy atom. The predicted molar refractivity (Wildman–Crippen MR) is 79.2 cm³/mol. The molecule has 0 saturated heterocycles. The number of carbonyl (C=O) groups excluding carboxylic acids is 1. The topological polar surface area (TPSA) is 48.0 Å². The van der Waals surface area contributed by atoms with Crippen molar-refractivity contribution in [3.8, 4) is 0 Å². The number of aromatic nitrogens is 1. The Hall–Kier alpha value is -1.61. The van der Waals surface area contributed by atoms with Gasteiger partial charge in [0.15, 0.2) is 0 Å². The van der Waals surface area contributed by atoms with E-state index in [0.717, 1.165) is 29.3 Å². The molecule has 1 atom stereocenters. The van der Waals surface area contributed by atoms with Gasteiger partial charge in [-0.25, -0.2) is 0 Å². The SMILES string of the molecule is CC(=O)n1cc([C@H](N)CCC(C)C)c2ccccc21. The van der Waals surface area contributed by atoms with Gasteiger partial charge in [0, 0.05) is 24.5 Å². The van der Waals surface area contributed by atoms with E-state index < -0.39 is 0 Å². The van der Waals surface area contributed by atoms with Gasteiger partial charge in [0.05, 0.1) is 5.52 Å². The van der Waals surface area contributed by atoms with Crippen LogP contribution in [0.15, 0.2) is 30.5 Å². The predicted octanol–water partition coefficient (Wildman–Crippen LogP) is 3.74. The van der Waals surface area contributed by atoms with Crippen molar-refractivity contribution in [3.63, 3.8) is 0 Å². The van der Waals surface area contributed by atoms with E-state index in [9.17, 15) is 4.79 Å². The molecule has 3 heteroatoms. The van der Waals surface area contributed by atoms with Crippen LogP contribution in [0.2, 0.25) is 0 Å². The Morgan fingerprint density at radius 1 is 1.26 bits per heavy atom. The summed E-state index contributed by atoms with van der Waals surface area (Å²) >= 11 is 0. The molecule has 0 unspecified atom stereocenters. The van der Waals surface area contributed by atoms with Crippen LogP contribution in [-0.2, 0) is 0 Å². The Labute approximate surface area is 114 Å². The number of hydrogen-bond acceptors (Lipinski definition) is 2. The molecular formula is C16H22N2O. The number of benzene rings is 1. The molecule has 0 aliphatic heterocycles. The number of para-hydroxylation sites is 1. The zero-order valence-corrected chi connectivity index (χ0v) is 11.9. The van der Waals surface area contributed by atoms with Crippen LogP contribution in [0, 0.1) is 5.92 Å². The summed E-state index contributed by atoms with van der Waals surface area (Å²) in [6.45, 7) is 5.98. The van der Waals surface area contributed by atoms with Gasteiger partial charge in [0.25, 0.3) is 0 Å². The van der Waals surface area contributed by atoms with Gasteiger partial charge >= 0.3 is 0 Å². The van der Waals surface area contributed by atoms with Crippen LogP contribution >= 0.6 is 0 Å². The van der Waals surface area contributed by atoms with E-state index >= 15 is 0 Å². The van der Waals surface area contributed by atoms with Crippen LogP contribution in [0.1, 0.15) is 50.0 Å². The Morgan fingerprint density at radius 2 is 1.95 bits per heavy atom. The summed E-state index contributed by atoms with van der Waals surface area (Å²) in [4.78, 5) is 11.7. The molecule has 0 amide bonds. The van der Waals surface area contributed by atoms with Gasteiger partial charge in [-0.05, 0) is 30.4 Å².